The van der Waals surface area contributed by atoms with Crippen molar-refractivity contribution in [2.45, 2.75) is 26.7 Å². The molecule has 1 aliphatic rings. The summed E-state index contributed by atoms with van der Waals surface area (Å²) < 4.78 is 1.00. The molecule has 0 aliphatic heterocycles. The lowest BCUT2D eigenvalue weighted by Gasteiger charge is -2.24. The van der Waals surface area contributed by atoms with Gasteiger partial charge in [0.05, 0.1) is 0 Å². The van der Waals surface area contributed by atoms with Crippen molar-refractivity contribution in [3.05, 3.63) is 39.4 Å². The third-order valence-electron chi connectivity index (χ3n) is 3.17. The fourth-order valence-electron chi connectivity index (χ4n) is 2.46. The summed E-state index contributed by atoms with van der Waals surface area (Å²) in [5, 5.41) is 9.28. The largest absolute Gasteiger partial charge is 0.478 e. The fourth-order valence-corrected chi connectivity index (χ4v) is 2.82. The van der Waals surface area contributed by atoms with Crippen LogP contribution >= 0.6 is 15.9 Å². The Balaban J connectivity index is 2.66. The van der Waals surface area contributed by atoms with Crippen LogP contribution in [0.5, 0.6) is 0 Å². The van der Waals surface area contributed by atoms with Crippen LogP contribution in [0.3, 0.4) is 0 Å². The van der Waals surface area contributed by atoms with Crippen molar-refractivity contribution in [2.24, 2.45) is 5.92 Å². The first kappa shape index (κ1) is 12.4. The van der Waals surface area contributed by atoms with Gasteiger partial charge in [0.25, 0.3) is 0 Å². The molecule has 17 heavy (non-hydrogen) atoms. The normalized spacial score (nSPS) is 15.1. The number of hydrogen-bond acceptors (Lipinski definition) is 1. The first-order valence-corrected chi connectivity index (χ1v) is 6.55. The van der Waals surface area contributed by atoms with Gasteiger partial charge in [-0.05, 0) is 47.6 Å². The van der Waals surface area contributed by atoms with Crippen LogP contribution in [0.4, 0.5) is 0 Å². The number of aliphatic carboxylic acids is 1. The zero-order valence-corrected chi connectivity index (χ0v) is 11.5. The van der Waals surface area contributed by atoms with E-state index in [2.05, 4.69) is 22.0 Å². The molecule has 2 nitrogen and oxygen atoms in total. The molecule has 0 atom stereocenters. The summed E-state index contributed by atoms with van der Waals surface area (Å²) >= 11 is 3.45. The Morgan fingerprint density at radius 1 is 1.35 bits per heavy atom. The van der Waals surface area contributed by atoms with E-state index >= 15 is 0 Å². The van der Waals surface area contributed by atoms with Crippen molar-refractivity contribution >= 4 is 27.5 Å². The van der Waals surface area contributed by atoms with Crippen LogP contribution in [-0.2, 0) is 11.2 Å². The number of carboxylic acids is 1. The molecule has 90 valence electrons. The monoisotopic (exact) mass is 294 g/mol. The van der Waals surface area contributed by atoms with Gasteiger partial charge < -0.3 is 5.11 Å². The lowest BCUT2D eigenvalue weighted by molar-refractivity contribution is -0.132. The van der Waals surface area contributed by atoms with Gasteiger partial charge >= 0.3 is 5.97 Å². The molecular formula is C14H15BrO2. The highest BCUT2D eigenvalue weighted by Crippen LogP contribution is 2.37. The summed E-state index contributed by atoms with van der Waals surface area (Å²) in [6, 6.07) is 6.13. The first-order chi connectivity index (χ1) is 8.00. The average Bonchev–Trinajstić information content (AvgIpc) is 2.26. The van der Waals surface area contributed by atoms with Gasteiger partial charge in [-0.2, -0.15) is 0 Å². The van der Waals surface area contributed by atoms with E-state index < -0.39 is 5.97 Å². The topological polar surface area (TPSA) is 37.3 Å². The Morgan fingerprint density at radius 3 is 2.65 bits per heavy atom. The number of halogens is 1. The fraction of sp³-hybridized carbons (Fsp3) is 0.357. The lowest BCUT2D eigenvalue weighted by atomic mass is 9.80. The Hall–Kier alpha value is -1.09. The highest BCUT2D eigenvalue weighted by molar-refractivity contribution is 9.10. The first-order valence-electron chi connectivity index (χ1n) is 5.76. The van der Waals surface area contributed by atoms with E-state index in [-0.39, 0.29) is 5.92 Å². The van der Waals surface area contributed by atoms with Crippen LogP contribution in [0.15, 0.2) is 28.2 Å². The number of aryl methyl sites for hydroxylation is 1. The molecule has 0 saturated heterocycles. The maximum absolute atomic E-state index is 11.3. The van der Waals surface area contributed by atoms with Gasteiger partial charge in [-0.3, -0.25) is 0 Å². The third kappa shape index (κ3) is 2.29. The number of fused-ring (bicyclic) bond motifs is 1. The van der Waals surface area contributed by atoms with Crippen LogP contribution in [0.1, 0.15) is 31.4 Å². The van der Waals surface area contributed by atoms with Crippen molar-refractivity contribution in [1.82, 2.24) is 0 Å². The van der Waals surface area contributed by atoms with E-state index in [0.29, 0.717) is 12.0 Å². The number of carbonyl (C=O) groups is 1. The molecule has 2 rings (SSSR count). The highest BCUT2D eigenvalue weighted by Gasteiger charge is 2.24. The predicted molar refractivity (Wildman–Crippen MR) is 71.9 cm³/mol. The molecule has 0 spiro atoms. The summed E-state index contributed by atoms with van der Waals surface area (Å²) in [7, 11) is 0. The van der Waals surface area contributed by atoms with Crippen molar-refractivity contribution in [3.8, 4) is 0 Å². The quantitative estimate of drug-likeness (QED) is 0.898. The highest BCUT2D eigenvalue weighted by atomic mass is 79.9. The van der Waals surface area contributed by atoms with E-state index in [0.717, 1.165) is 22.0 Å². The second kappa shape index (κ2) is 4.65. The van der Waals surface area contributed by atoms with Crippen molar-refractivity contribution in [2.75, 3.05) is 0 Å². The predicted octanol–water partition coefficient (Wildman–Crippen LogP) is 3.89. The molecule has 0 fully saturated rings. The minimum atomic E-state index is -0.778. The summed E-state index contributed by atoms with van der Waals surface area (Å²) in [4.78, 5) is 11.3. The standard InChI is InChI=1S/C14H15BrO2/c1-8(2)13-11(14(16)17)6-4-9-3-5-10(15)7-12(9)13/h3,5,7-8H,4,6H2,1-2H3,(H,16,17). The average molecular weight is 295 g/mol. The van der Waals surface area contributed by atoms with Crippen molar-refractivity contribution in [3.63, 3.8) is 0 Å². The van der Waals surface area contributed by atoms with Gasteiger partial charge in [-0.15, -0.1) is 0 Å². The minimum absolute atomic E-state index is 0.231. The molecule has 0 unspecified atom stereocenters. The van der Waals surface area contributed by atoms with Crippen molar-refractivity contribution < 1.29 is 9.90 Å². The number of hydrogen-bond donors (Lipinski definition) is 1. The number of carboxylic acid groups (broad SMARTS) is 1. The molecule has 0 bridgehead atoms. The van der Waals surface area contributed by atoms with Crippen LogP contribution in [0.2, 0.25) is 0 Å². The number of allylic oxidation sites excluding steroid dienone is 1. The molecule has 0 saturated carbocycles. The second-order valence-corrected chi connectivity index (χ2v) is 5.57. The zero-order valence-electron chi connectivity index (χ0n) is 9.96. The van der Waals surface area contributed by atoms with Gasteiger partial charge in [0.15, 0.2) is 0 Å². The van der Waals surface area contributed by atoms with Gasteiger partial charge in [-0.25, -0.2) is 4.79 Å². The smallest absolute Gasteiger partial charge is 0.331 e. The third-order valence-corrected chi connectivity index (χ3v) is 3.66. The summed E-state index contributed by atoms with van der Waals surface area (Å²) in [5.74, 6) is -0.547. The molecule has 1 aliphatic carbocycles. The molecule has 0 radical (unpaired) electrons. The van der Waals surface area contributed by atoms with Gasteiger partial charge in [0, 0.05) is 10.0 Å². The zero-order chi connectivity index (χ0) is 12.6. The minimum Gasteiger partial charge on any atom is -0.478 e. The number of rotatable bonds is 2. The maximum Gasteiger partial charge on any atom is 0.331 e. The number of benzene rings is 1. The van der Waals surface area contributed by atoms with E-state index in [4.69, 9.17) is 0 Å². The Morgan fingerprint density at radius 2 is 2.06 bits per heavy atom. The van der Waals surface area contributed by atoms with Crippen LogP contribution in [-0.4, -0.2) is 11.1 Å². The summed E-state index contributed by atoms with van der Waals surface area (Å²) in [6.45, 7) is 4.10. The Bertz CT molecular complexity index is 501. The van der Waals surface area contributed by atoms with E-state index in [1.54, 1.807) is 0 Å². The van der Waals surface area contributed by atoms with Gasteiger partial charge in [-0.1, -0.05) is 35.8 Å². The van der Waals surface area contributed by atoms with Crippen LogP contribution < -0.4 is 0 Å². The molecule has 0 heterocycles. The van der Waals surface area contributed by atoms with E-state index in [1.165, 1.54) is 5.56 Å². The van der Waals surface area contributed by atoms with E-state index in [1.807, 2.05) is 26.0 Å². The molecule has 0 amide bonds. The second-order valence-electron chi connectivity index (χ2n) is 4.65. The van der Waals surface area contributed by atoms with Crippen molar-refractivity contribution in [1.29, 1.82) is 0 Å². The molecule has 1 aromatic rings. The van der Waals surface area contributed by atoms with Gasteiger partial charge in [0.1, 0.15) is 0 Å². The Kier molecular flexibility index (Phi) is 3.38. The van der Waals surface area contributed by atoms with Crippen LogP contribution in [0, 0.1) is 5.92 Å². The lowest BCUT2D eigenvalue weighted by Crippen LogP contribution is -2.14. The van der Waals surface area contributed by atoms with E-state index in [9.17, 15) is 9.90 Å². The SMILES string of the molecule is CC(C)C1=C(C(=O)O)CCc2ccc(Br)cc21. The molecule has 1 aromatic carbocycles. The molecule has 1 N–H and O–H groups in total. The molecule has 3 heteroatoms. The maximum atomic E-state index is 11.3. The summed E-state index contributed by atoms with van der Waals surface area (Å²) in [6.07, 6.45) is 1.46. The summed E-state index contributed by atoms with van der Waals surface area (Å²) in [5.41, 5.74) is 3.91. The van der Waals surface area contributed by atoms with Crippen LogP contribution in [0.25, 0.3) is 5.57 Å². The molecule has 0 aromatic heterocycles. The molecular weight excluding hydrogens is 280 g/mol. The van der Waals surface area contributed by atoms with Gasteiger partial charge in [0.2, 0.25) is 0 Å². The Labute approximate surface area is 109 Å².